The second-order valence-corrected chi connectivity index (χ2v) is 7.86. The number of hydrogen-bond donors (Lipinski definition) is 2. The lowest BCUT2D eigenvalue weighted by Crippen LogP contribution is -2.47. The van der Waals surface area contributed by atoms with E-state index in [2.05, 4.69) is 15.3 Å². The van der Waals surface area contributed by atoms with Gasteiger partial charge in [-0.05, 0) is 60.9 Å². The third kappa shape index (κ3) is 4.97. The molecular weight excluding hydrogens is 364 g/mol. The minimum Gasteiger partial charge on any atom is -0.481 e. The Bertz CT molecular complexity index is 831. The monoisotopic (exact) mass is 386 g/mol. The molecule has 2 heterocycles. The maximum atomic E-state index is 12.6. The number of anilines is 1. The first-order valence-corrected chi connectivity index (χ1v) is 9.58. The summed E-state index contributed by atoms with van der Waals surface area (Å²) in [6.45, 7) is 4.69. The number of nitrogens with one attached hydrogen (secondary N) is 1. The first-order chi connectivity index (χ1) is 12.9. The van der Waals surface area contributed by atoms with Crippen LogP contribution < -0.4 is 5.32 Å². The number of carbonyl (C=O) groups excluding carboxylic acids is 1. The van der Waals surface area contributed by atoms with Gasteiger partial charge in [0.15, 0.2) is 5.16 Å². The summed E-state index contributed by atoms with van der Waals surface area (Å²) >= 11 is 1.45. The molecule has 2 N–H and O–H groups in total. The summed E-state index contributed by atoms with van der Waals surface area (Å²) in [5.41, 5.74) is 1.63. The molecule has 2 aromatic rings. The number of aliphatic carboxylic acids is 1. The molecule has 1 fully saturated rings. The molecule has 7 nitrogen and oxygen atoms in total. The number of piperidine rings is 1. The van der Waals surface area contributed by atoms with Crippen molar-refractivity contribution in [3.8, 4) is 0 Å². The van der Waals surface area contributed by atoms with Gasteiger partial charge in [-0.3, -0.25) is 4.79 Å². The summed E-state index contributed by atoms with van der Waals surface area (Å²) in [5.74, 6) is -1.19. The predicted octanol–water partition coefficient (Wildman–Crippen LogP) is 3.51. The Balaban J connectivity index is 1.66. The highest BCUT2D eigenvalue weighted by Crippen LogP contribution is 2.28. The maximum Gasteiger partial charge on any atom is 0.321 e. The van der Waals surface area contributed by atoms with Crippen LogP contribution in [0, 0.1) is 18.8 Å². The zero-order valence-corrected chi connectivity index (χ0v) is 16.1. The Hall–Kier alpha value is -2.61. The van der Waals surface area contributed by atoms with Gasteiger partial charge in [0, 0.05) is 36.1 Å². The van der Waals surface area contributed by atoms with E-state index in [1.807, 2.05) is 32.0 Å². The van der Waals surface area contributed by atoms with Gasteiger partial charge >= 0.3 is 12.0 Å². The number of likely N-dealkylation sites (tertiary alicyclic amines) is 1. The van der Waals surface area contributed by atoms with E-state index in [-0.39, 0.29) is 18.5 Å². The fraction of sp³-hybridized carbons (Fsp3) is 0.368. The fourth-order valence-corrected chi connectivity index (χ4v) is 3.98. The van der Waals surface area contributed by atoms with Crippen molar-refractivity contribution in [2.45, 2.75) is 30.3 Å². The third-order valence-electron chi connectivity index (χ3n) is 4.49. The van der Waals surface area contributed by atoms with Crippen molar-refractivity contribution in [2.24, 2.45) is 11.8 Å². The summed E-state index contributed by atoms with van der Waals surface area (Å²) in [4.78, 5) is 34.9. The molecule has 2 unspecified atom stereocenters. The summed E-state index contributed by atoms with van der Waals surface area (Å²) < 4.78 is 0. The lowest BCUT2D eigenvalue weighted by molar-refractivity contribution is -0.143. The lowest BCUT2D eigenvalue weighted by Gasteiger charge is -2.34. The molecule has 0 saturated carbocycles. The highest BCUT2D eigenvalue weighted by atomic mass is 32.2. The quantitative estimate of drug-likeness (QED) is 0.781. The molecule has 2 amide bonds. The number of carboxylic acids is 1. The standard InChI is InChI=1S/C19H22N4O3S/c1-12-8-14(17(24)25)11-23(10-12)19(26)22-16-5-4-15(9-13(16)2)27-18-20-6-3-7-21-18/h3-7,9,12,14H,8,10-11H2,1-2H3,(H,22,26)(H,24,25). The SMILES string of the molecule is Cc1cc(Sc2ncccn2)ccc1NC(=O)N1CC(C)CC(C(=O)O)C1. The van der Waals surface area contributed by atoms with Crippen molar-refractivity contribution in [1.29, 1.82) is 0 Å². The van der Waals surface area contributed by atoms with E-state index >= 15 is 0 Å². The Morgan fingerprint density at radius 1 is 1.26 bits per heavy atom. The first kappa shape index (κ1) is 19.2. The molecule has 27 heavy (non-hydrogen) atoms. The van der Waals surface area contributed by atoms with Gasteiger partial charge in [0.1, 0.15) is 0 Å². The van der Waals surface area contributed by atoms with Gasteiger partial charge in [0.25, 0.3) is 0 Å². The van der Waals surface area contributed by atoms with Crippen molar-refractivity contribution in [2.75, 3.05) is 18.4 Å². The number of rotatable bonds is 4. The molecule has 1 aliphatic rings. The van der Waals surface area contributed by atoms with Crippen LogP contribution in [-0.2, 0) is 4.79 Å². The summed E-state index contributed by atoms with van der Waals surface area (Å²) in [7, 11) is 0. The molecule has 1 aliphatic heterocycles. The molecule has 1 aromatic carbocycles. The van der Waals surface area contributed by atoms with Gasteiger partial charge < -0.3 is 15.3 Å². The third-order valence-corrected chi connectivity index (χ3v) is 5.37. The van der Waals surface area contributed by atoms with Gasteiger partial charge in [-0.25, -0.2) is 14.8 Å². The number of carbonyl (C=O) groups is 2. The Kier molecular flexibility index (Phi) is 5.95. The molecule has 0 radical (unpaired) electrons. The number of amides is 2. The number of urea groups is 1. The Morgan fingerprint density at radius 2 is 2.00 bits per heavy atom. The number of aryl methyl sites for hydroxylation is 1. The van der Waals surface area contributed by atoms with Crippen LogP contribution in [0.3, 0.4) is 0 Å². The number of nitrogens with zero attached hydrogens (tertiary/aromatic N) is 3. The molecule has 0 bridgehead atoms. The van der Waals surface area contributed by atoms with Crippen LogP contribution in [0.5, 0.6) is 0 Å². The minimum atomic E-state index is -0.847. The average molecular weight is 386 g/mol. The summed E-state index contributed by atoms with van der Waals surface area (Å²) in [6.07, 6.45) is 3.99. The molecule has 1 saturated heterocycles. The van der Waals surface area contributed by atoms with Crippen LogP contribution in [0.2, 0.25) is 0 Å². The van der Waals surface area contributed by atoms with E-state index < -0.39 is 11.9 Å². The first-order valence-electron chi connectivity index (χ1n) is 8.76. The second-order valence-electron chi connectivity index (χ2n) is 6.82. The van der Waals surface area contributed by atoms with Crippen LogP contribution in [0.15, 0.2) is 46.7 Å². The maximum absolute atomic E-state index is 12.6. The predicted molar refractivity (Wildman–Crippen MR) is 103 cm³/mol. The van der Waals surface area contributed by atoms with Gasteiger partial charge in [0.2, 0.25) is 0 Å². The Morgan fingerprint density at radius 3 is 2.67 bits per heavy atom. The van der Waals surface area contributed by atoms with Crippen LogP contribution in [0.4, 0.5) is 10.5 Å². The normalized spacial score (nSPS) is 19.6. The van der Waals surface area contributed by atoms with Gasteiger partial charge in [-0.2, -0.15) is 0 Å². The molecule has 1 aromatic heterocycles. The summed E-state index contributed by atoms with van der Waals surface area (Å²) in [5, 5.41) is 12.8. The van der Waals surface area contributed by atoms with Crippen LogP contribution in [0.1, 0.15) is 18.9 Å². The average Bonchev–Trinajstić information content (AvgIpc) is 2.64. The van der Waals surface area contributed by atoms with E-state index in [9.17, 15) is 14.7 Å². The van der Waals surface area contributed by atoms with Gasteiger partial charge in [-0.1, -0.05) is 6.92 Å². The zero-order valence-electron chi connectivity index (χ0n) is 15.3. The van der Waals surface area contributed by atoms with Gasteiger partial charge in [-0.15, -0.1) is 0 Å². The Labute approximate surface area is 162 Å². The van der Waals surface area contributed by atoms with Crippen LogP contribution in [-0.4, -0.2) is 45.1 Å². The van der Waals surface area contributed by atoms with Crippen molar-refractivity contribution in [3.05, 3.63) is 42.2 Å². The molecule has 8 heteroatoms. The highest BCUT2D eigenvalue weighted by molar-refractivity contribution is 7.99. The smallest absolute Gasteiger partial charge is 0.321 e. The number of aromatic nitrogens is 2. The fourth-order valence-electron chi connectivity index (χ4n) is 3.17. The van der Waals surface area contributed by atoms with E-state index in [0.29, 0.717) is 23.8 Å². The highest BCUT2D eigenvalue weighted by Gasteiger charge is 2.32. The molecule has 142 valence electrons. The van der Waals surface area contributed by atoms with Crippen LogP contribution >= 0.6 is 11.8 Å². The number of benzene rings is 1. The van der Waals surface area contributed by atoms with E-state index in [0.717, 1.165) is 10.5 Å². The lowest BCUT2D eigenvalue weighted by atomic mass is 9.91. The van der Waals surface area contributed by atoms with Crippen molar-refractivity contribution >= 4 is 29.4 Å². The minimum absolute atomic E-state index is 0.163. The van der Waals surface area contributed by atoms with Crippen molar-refractivity contribution < 1.29 is 14.7 Å². The molecular formula is C19H22N4O3S. The molecule has 3 rings (SSSR count). The van der Waals surface area contributed by atoms with E-state index in [1.165, 1.54) is 11.8 Å². The van der Waals surface area contributed by atoms with E-state index in [4.69, 9.17) is 0 Å². The molecule has 0 aliphatic carbocycles. The largest absolute Gasteiger partial charge is 0.481 e. The molecule has 0 spiro atoms. The molecule has 2 atom stereocenters. The number of carboxylic acid groups (broad SMARTS) is 1. The zero-order chi connectivity index (χ0) is 19.4. The van der Waals surface area contributed by atoms with Gasteiger partial charge in [0.05, 0.1) is 5.92 Å². The van der Waals surface area contributed by atoms with E-state index in [1.54, 1.807) is 23.4 Å². The summed E-state index contributed by atoms with van der Waals surface area (Å²) in [6, 6.07) is 7.23. The number of hydrogen-bond acceptors (Lipinski definition) is 5. The second kappa shape index (κ2) is 8.39. The van der Waals surface area contributed by atoms with Crippen LogP contribution in [0.25, 0.3) is 0 Å². The van der Waals surface area contributed by atoms with Crippen molar-refractivity contribution in [1.82, 2.24) is 14.9 Å². The van der Waals surface area contributed by atoms with Crippen molar-refractivity contribution in [3.63, 3.8) is 0 Å². The topological polar surface area (TPSA) is 95.4 Å².